The minimum Gasteiger partial charge on any atom is -0.359 e. The molecule has 2 heterocycles. The quantitative estimate of drug-likeness (QED) is 0.484. The summed E-state index contributed by atoms with van der Waals surface area (Å²) in [5.41, 5.74) is 5.29. The monoisotopic (exact) mass is 385 g/mol. The first kappa shape index (κ1) is 17.0. The van der Waals surface area contributed by atoms with E-state index in [1.54, 1.807) is 11.8 Å². The van der Waals surface area contributed by atoms with E-state index in [0.29, 0.717) is 12.3 Å². The molecular formula is C23H19N3OS. The molecule has 0 saturated heterocycles. The predicted molar refractivity (Wildman–Crippen MR) is 116 cm³/mol. The van der Waals surface area contributed by atoms with Gasteiger partial charge in [0.25, 0.3) is 0 Å². The van der Waals surface area contributed by atoms with Gasteiger partial charge < -0.3 is 15.2 Å². The number of hydrogen-bond acceptors (Lipinski definition) is 3. The van der Waals surface area contributed by atoms with Crippen molar-refractivity contribution in [3.05, 3.63) is 84.6 Å². The van der Waals surface area contributed by atoms with Gasteiger partial charge in [-0.2, -0.15) is 0 Å². The van der Waals surface area contributed by atoms with Crippen LogP contribution in [0.5, 0.6) is 0 Å². The van der Waals surface area contributed by atoms with Gasteiger partial charge in [-0.25, -0.2) is 0 Å². The van der Waals surface area contributed by atoms with Crippen molar-refractivity contribution in [2.75, 3.05) is 16.0 Å². The van der Waals surface area contributed by atoms with Crippen LogP contribution in [0.15, 0.2) is 83.9 Å². The molecule has 5 heteroatoms. The predicted octanol–water partition coefficient (Wildman–Crippen LogP) is 5.55. The van der Waals surface area contributed by atoms with Gasteiger partial charge in [0.1, 0.15) is 0 Å². The Balaban J connectivity index is 1.44. The number of benzene rings is 3. The summed E-state index contributed by atoms with van der Waals surface area (Å²) in [5.74, 6) is 0.620. The zero-order chi connectivity index (χ0) is 18.9. The fraction of sp³-hybridized carbons (Fsp3) is 0.0870. The molecule has 0 unspecified atom stereocenters. The number of amides is 1. The summed E-state index contributed by atoms with van der Waals surface area (Å²) >= 11 is 1.60. The molecule has 4 aromatic rings. The van der Waals surface area contributed by atoms with Crippen LogP contribution in [0.3, 0.4) is 0 Å². The van der Waals surface area contributed by atoms with Crippen molar-refractivity contribution in [1.82, 2.24) is 4.98 Å². The van der Waals surface area contributed by atoms with E-state index in [9.17, 15) is 4.79 Å². The number of aromatic nitrogens is 1. The molecule has 1 aliphatic heterocycles. The lowest BCUT2D eigenvalue weighted by atomic mass is 10.1. The third-order valence-electron chi connectivity index (χ3n) is 4.95. The minimum absolute atomic E-state index is 0.152. The molecule has 1 aromatic heterocycles. The van der Waals surface area contributed by atoms with Gasteiger partial charge in [0, 0.05) is 27.7 Å². The molecule has 138 valence electrons. The number of nitrogens with zero attached hydrogens (tertiary/aromatic N) is 1. The Bertz CT molecular complexity index is 1150. The molecule has 3 aromatic carbocycles. The second kappa shape index (κ2) is 7.09. The minimum atomic E-state index is 0.152. The van der Waals surface area contributed by atoms with Crippen molar-refractivity contribution >= 4 is 45.6 Å². The third-order valence-corrected chi connectivity index (χ3v) is 5.98. The molecule has 0 fully saturated rings. The summed E-state index contributed by atoms with van der Waals surface area (Å²) in [4.78, 5) is 18.8. The Morgan fingerprint density at radius 3 is 2.71 bits per heavy atom. The Labute approximate surface area is 167 Å². The lowest BCUT2D eigenvalue weighted by molar-refractivity contribution is -0.116. The van der Waals surface area contributed by atoms with Crippen molar-refractivity contribution in [3.8, 4) is 0 Å². The largest absolute Gasteiger partial charge is 0.359 e. The van der Waals surface area contributed by atoms with Crippen molar-refractivity contribution in [1.29, 1.82) is 0 Å². The van der Waals surface area contributed by atoms with Gasteiger partial charge in [0.05, 0.1) is 23.7 Å². The molecule has 0 aliphatic carbocycles. The molecule has 5 rings (SSSR count). The highest BCUT2D eigenvalue weighted by Crippen LogP contribution is 2.39. The molecule has 4 nitrogen and oxygen atoms in total. The summed E-state index contributed by atoms with van der Waals surface area (Å²) in [6.07, 6.45) is 1.99. The average Bonchev–Trinajstić information content (AvgIpc) is 3.14. The van der Waals surface area contributed by atoms with E-state index in [4.69, 9.17) is 0 Å². The number of carbonyl (C=O) groups is 1. The normalized spacial score (nSPS) is 13.6. The molecule has 28 heavy (non-hydrogen) atoms. The van der Waals surface area contributed by atoms with Crippen LogP contribution < -0.4 is 10.2 Å². The van der Waals surface area contributed by atoms with E-state index in [2.05, 4.69) is 40.6 Å². The summed E-state index contributed by atoms with van der Waals surface area (Å²) in [6.45, 7) is 0.600. The average molecular weight is 385 g/mol. The molecule has 0 radical (unpaired) electrons. The number of nitrogens with one attached hydrogen (secondary N) is 2. The number of thioether (sulfide) groups is 1. The number of fused-ring (bicyclic) bond motifs is 2. The van der Waals surface area contributed by atoms with E-state index >= 15 is 0 Å². The maximum atomic E-state index is 12.5. The van der Waals surface area contributed by atoms with Crippen LogP contribution in [0, 0.1) is 0 Å². The van der Waals surface area contributed by atoms with Crippen LogP contribution in [0.1, 0.15) is 5.56 Å². The smallest absolute Gasteiger partial charge is 0.237 e. The fourth-order valence-corrected chi connectivity index (χ4v) is 4.52. The van der Waals surface area contributed by atoms with E-state index in [0.717, 1.165) is 38.4 Å². The molecule has 1 aliphatic rings. The summed E-state index contributed by atoms with van der Waals surface area (Å²) < 4.78 is 0. The van der Waals surface area contributed by atoms with Crippen molar-refractivity contribution in [2.45, 2.75) is 11.4 Å². The Morgan fingerprint density at radius 2 is 1.82 bits per heavy atom. The van der Waals surface area contributed by atoms with Gasteiger partial charge in [-0.15, -0.1) is 11.8 Å². The number of carbonyl (C=O) groups excluding carboxylic acids is 1. The first-order valence-corrected chi connectivity index (χ1v) is 10.2. The van der Waals surface area contributed by atoms with Crippen LogP contribution in [0.2, 0.25) is 0 Å². The number of rotatable bonds is 4. The number of hydrogen-bond donors (Lipinski definition) is 2. The molecular weight excluding hydrogens is 366 g/mol. The summed E-state index contributed by atoms with van der Waals surface area (Å²) in [7, 11) is 0. The first-order chi connectivity index (χ1) is 13.8. The van der Waals surface area contributed by atoms with Crippen LogP contribution in [-0.2, 0) is 11.3 Å². The lowest BCUT2D eigenvalue weighted by Crippen LogP contribution is -2.34. The third kappa shape index (κ3) is 3.14. The van der Waals surface area contributed by atoms with E-state index in [1.807, 2.05) is 53.6 Å². The SMILES string of the molecule is O=C1CSc2cc(Nc3c[nH]c4ccccc34)ccc2N1Cc1ccccc1. The van der Waals surface area contributed by atoms with E-state index in [1.165, 1.54) is 0 Å². The van der Waals surface area contributed by atoms with Gasteiger partial charge in [-0.1, -0.05) is 48.5 Å². The standard InChI is InChI=1S/C23H19N3OS/c27-23-15-28-22-12-17(25-20-13-24-19-9-5-4-8-18(19)20)10-11-21(22)26(23)14-16-6-2-1-3-7-16/h1-13,24-25H,14-15H2. The zero-order valence-electron chi connectivity index (χ0n) is 15.2. The number of aromatic amines is 1. The fourth-order valence-electron chi connectivity index (χ4n) is 3.55. The highest BCUT2D eigenvalue weighted by Gasteiger charge is 2.25. The Kier molecular flexibility index (Phi) is 4.29. The number of H-pyrrole nitrogens is 1. The van der Waals surface area contributed by atoms with Crippen molar-refractivity contribution < 1.29 is 4.79 Å². The van der Waals surface area contributed by atoms with Gasteiger partial charge in [-0.05, 0) is 29.8 Å². The van der Waals surface area contributed by atoms with Crippen LogP contribution >= 0.6 is 11.8 Å². The number of para-hydroxylation sites is 1. The van der Waals surface area contributed by atoms with E-state index in [-0.39, 0.29) is 5.91 Å². The molecule has 0 saturated carbocycles. The van der Waals surface area contributed by atoms with E-state index < -0.39 is 0 Å². The summed E-state index contributed by atoms with van der Waals surface area (Å²) in [6, 6.07) is 24.6. The van der Waals surface area contributed by atoms with Crippen LogP contribution in [0.4, 0.5) is 17.1 Å². The highest BCUT2D eigenvalue weighted by molar-refractivity contribution is 8.00. The number of anilines is 3. The highest BCUT2D eigenvalue weighted by atomic mass is 32.2. The van der Waals surface area contributed by atoms with Gasteiger partial charge in [0.2, 0.25) is 5.91 Å². The zero-order valence-corrected chi connectivity index (χ0v) is 16.0. The second-order valence-corrected chi connectivity index (χ2v) is 7.83. The maximum absolute atomic E-state index is 12.5. The molecule has 0 atom stereocenters. The van der Waals surface area contributed by atoms with Crippen molar-refractivity contribution in [3.63, 3.8) is 0 Å². The topological polar surface area (TPSA) is 48.1 Å². The summed E-state index contributed by atoms with van der Waals surface area (Å²) in [5, 5.41) is 4.67. The Morgan fingerprint density at radius 1 is 1.00 bits per heavy atom. The maximum Gasteiger partial charge on any atom is 0.237 e. The molecule has 0 spiro atoms. The van der Waals surface area contributed by atoms with Crippen LogP contribution in [-0.4, -0.2) is 16.6 Å². The lowest BCUT2D eigenvalue weighted by Gasteiger charge is -2.29. The first-order valence-electron chi connectivity index (χ1n) is 9.22. The van der Waals surface area contributed by atoms with Gasteiger partial charge in [-0.3, -0.25) is 4.79 Å². The van der Waals surface area contributed by atoms with Gasteiger partial charge >= 0.3 is 0 Å². The molecule has 2 N–H and O–H groups in total. The van der Waals surface area contributed by atoms with Gasteiger partial charge in [0.15, 0.2) is 0 Å². The van der Waals surface area contributed by atoms with Crippen molar-refractivity contribution in [2.24, 2.45) is 0 Å². The second-order valence-electron chi connectivity index (χ2n) is 6.81. The molecule has 0 bridgehead atoms. The molecule has 1 amide bonds. The van der Waals surface area contributed by atoms with Crippen LogP contribution in [0.25, 0.3) is 10.9 Å². The Hall–Kier alpha value is -3.18.